The molecule has 1 atom stereocenters. The van der Waals surface area contributed by atoms with E-state index in [-0.39, 0.29) is 6.04 Å². The van der Waals surface area contributed by atoms with Gasteiger partial charge in [-0.05, 0) is 61.1 Å². The highest BCUT2D eigenvalue weighted by Gasteiger charge is 2.09. The van der Waals surface area contributed by atoms with Gasteiger partial charge in [0.05, 0.1) is 7.11 Å². The van der Waals surface area contributed by atoms with Gasteiger partial charge >= 0.3 is 0 Å². The zero-order chi connectivity index (χ0) is 14.7. The van der Waals surface area contributed by atoms with Crippen molar-refractivity contribution >= 4 is 0 Å². The van der Waals surface area contributed by atoms with Crippen LogP contribution in [0.4, 0.5) is 0 Å². The zero-order valence-electron chi connectivity index (χ0n) is 12.7. The third-order valence-corrected chi connectivity index (χ3v) is 3.87. The quantitative estimate of drug-likeness (QED) is 0.914. The largest absolute Gasteiger partial charge is 0.496 e. The van der Waals surface area contributed by atoms with Crippen molar-refractivity contribution in [1.29, 1.82) is 0 Å². The molecule has 2 heteroatoms. The highest BCUT2D eigenvalue weighted by atomic mass is 16.5. The third-order valence-electron chi connectivity index (χ3n) is 3.87. The van der Waals surface area contributed by atoms with Gasteiger partial charge in [0.25, 0.3) is 0 Å². The maximum absolute atomic E-state index is 6.33. The molecule has 2 N–H and O–H groups in total. The lowest BCUT2D eigenvalue weighted by Crippen LogP contribution is -2.13. The van der Waals surface area contributed by atoms with Crippen LogP contribution in [0.3, 0.4) is 0 Å². The number of benzene rings is 2. The van der Waals surface area contributed by atoms with Crippen LogP contribution in [0.2, 0.25) is 0 Å². The molecule has 2 aromatic rings. The van der Waals surface area contributed by atoms with Crippen molar-refractivity contribution in [2.45, 2.75) is 33.2 Å². The zero-order valence-corrected chi connectivity index (χ0v) is 12.7. The second kappa shape index (κ2) is 6.10. The van der Waals surface area contributed by atoms with Gasteiger partial charge in [-0.3, -0.25) is 0 Å². The van der Waals surface area contributed by atoms with Crippen molar-refractivity contribution in [2.75, 3.05) is 7.11 Å². The fourth-order valence-corrected chi connectivity index (χ4v) is 2.43. The number of hydrogen-bond acceptors (Lipinski definition) is 2. The standard InChI is InChI=1S/C18H23NO/c1-12-5-6-15(9-13(12)2)11-17(19)16-7-8-18(20-4)14(3)10-16/h5-10,17H,11,19H2,1-4H3. The molecule has 1 unspecified atom stereocenters. The molecule has 0 bridgehead atoms. The SMILES string of the molecule is COc1ccc(C(N)Cc2ccc(C)c(C)c2)cc1C. The van der Waals surface area contributed by atoms with Gasteiger partial charge < -0.3 is 10.5 Å². The number of methoxy groups -OCH3 is 1. The van der Waals surface area contributed by atoms with Gasteiger partial charge in [-0.25, -0.2) is 0 Å². The lowest BCUT2D eigenvalue weighted by Gasteiger charge is -2.15. The van der Waals surface area contributed by atoms with Crippen LogP contribution in [-0.4, -0.2) is 7.11 Å². The molecule has 0 amide bonds. The minimum absolute atomic E-state index is 0.0155. The monoisotopic (exact) mass is 269 g/mol. The number of ether oxygens (including phenoxy) is 1. The summed E-state index contributed by atoms with van der Waals surface area (Å²) in [6.07, 6.45) is 0.854. The van der Waals surface area contributed by atoms with Gasteiger partial charge in [-0.1, -0.05) is 30.3 Å². The first-order valence-electron chi connectivity index (χ1n) is 6.97. The Balaban J connectivity index is 2.17. The molecule has 106 valence electrons. The Bertz CT molecular complexity index is 604. The van der Waals surface area contributed by atoms with E-state index in [0.29, 0.717) is 0 Å². The molecule has 0 fully saturated rings. The van der Waals surface area contributed by atoms with Crippen molar-refractivity contribution in [3.63, 3.8) is 0 Å². The summed E-state index contributed by atoms with van der Waals surface area (Å²) in [6, 6.07) is 12.7. The molecule has 0 heterocycles. The molecular weight excluding hydrogens is 246 g/mol. The summed E-state index contributed by atoms with van der Waals surface area (Å²) >= 11 is 0. The molecule has 0 spiro atoms. The van der Waals surface area contributed by atoms with Crippen LogP contribution >= 0.6 is 0 Å². The summed E-state index contributed by atoms with van der Waals surface area (Å²) in [4.78, 5) is 0. The predicted octanol–water partition coefficient (Wildman–Crippen LogP) is 3.86. The molecule has 0 radical (unpaired) electrons. The summed E-state index contributed by atoms with van der Waals surface area (Å²) in [7, 11) is 1.69. The smallest absolute Gasteiger partial charge is 0.121 e. The summed E-state index contributed by atoms with van der Waals surface area (Å²) in [5.41, 5.74) is 12.5. The number of nitrogens with two attached hydrogens (primary N) is 1. The van der Waals surface area contributed by atoms with E-state index >= 15 is 0 Å². The summed E-state index contributed by atoms with van der Waals surface area (Å²) in [5.74, 6) is 0.909. The van der Waals surface area contributed by atoms with Crippen LogP contribution in [-0.2, 0) is 6.42 Å². The van der Waals surface area contributed by atoms with E-state index in [4.69, 9.17) is 10.5 Å². The lowest BCUT2D eigenvalue weighted by atomic mass is 9.96. The van der Waals surface area contributed by atoms with E-state index in [1.165, 1.54) is 16.7 Å². The summed E-state index contributed by atoms with van der Waals surface area (Å²) in [5, 5.41) is 0. The normalized spacial score (nSPS) is 12.2. The van der Waals surface area contributed by atoms with Gasteiger partial charge in [0, 0.05) is 6.04 Å². The Morgan fingerprint density at radius 2 is 1.70 bits per heavy atom. The molecule has 0 saturated heterocycles. The number of rotatable bonds is 4. The van der Waals surface area contributed by atoms with Crippen LogP contribution in [0, 0.1) is 20.8 Å². The maximum Gasteiger partial charge on any atom is 0.121 e. The van der Waals surface area contributed by atoms with Crippen molar-refractivity contribution in [1.82, 2.24) is 0 Å². The van der Waals surface area contributed by atoms with Crippen LogP contribution < -0.4 is 10.5 Å². The average Bonchev–Trinajstić information content (AvgIpc) is 2.42. The molecule has 0 aliphatic heterocycles. The Hall–Kier alpha value is -1.80. The Morgan fingerprint density at radius 1 is 0.950 bits per heavy atom. The fraction of sp³-hybridized carbons (Fsp3) is 0.333. The van der Waals surface area contributed by atoms with Crippen molar-refractivity contribution < 1.29 is 4.74 Å². The highest BCUT2D eigenvalue weighted by molar-refractivity contribution is 5.38. The van der Waals surface area contributed by atoms with Crippen LogP contribution in [0.15, 0.2) is 36.4 Å². The molecule has 0 aliphatic rings. The molecule has 0 aromatic heterocycles. The highest BCUT2D eigenvalue weighted by Crippen LogP contribution is 2.24. The van der Waals surface area contributed by atoms with Gasteiger partial charge in [-0.15, -0.1) is 0 Å². The minimum Gasteiger partial charge on any atom is -0.496 e. The fourth-order valence-electron chi connectivity index (χ4n) is 2.43. The topological polar surface area (TPSA) is 35.2 Å². The molecule has 0 aliphatic carbocycles. The molecule has 2 aromatic carbocycles. The first kappa shape index (κ1) is 14.6. The van der Waals surface area contributed by atoms with Gasteiger partial charge in [0.1, 0.15) is 5.75 Å². The Labute approximate surface area is 121 Å². The maximum atomic E-state index is 6.33. The number of aryl methyl sites for hydroxylation is 3. The van der Waals surface area contributed by atoms with E-state index in [9.17, 15) is 0 Å². The van der Waals surface area contributed by atoms with Crippen LogP contribution in [0.25, 0.3) is 0 Å². The van der Waals surface area contributed by atoms with Crippen molar-refractivity contribution in [3.05, 3.63) is 64.2 Å². The lowest BCUT2D eigenvalue weighted by molar-refractivity contribution is 0.411. The molecule has 2 nitrogen and oxygen atoms in total. The second-order valence-electron chi connectivity index (χ2n) is 5.46. The summed E-state index contributed by atoms with van der Waals surface area (Å²) < 4.78 is 5.29. The molecule has 20 heavy (non-hydrogen) atoms. The molecule has 0 saturated carbocycles. The van der Waals surface area contributed by atoms with Gasteiger partial charge in [0.2, 0.25) is 0 Å². The van der Waals surface area contributed by atoms with E-state index in [2.05, 4.69) is 44.2 Å². The third kappa shape index (κ3) is 3.20. The van der Waals surface area contributed by atoms with Crippen LogP contribution in [0.5, 0.6) is 5.75 Å². The van der Waals surface area contributed by atoms with E-state index in [0.717, 1.165) is 23.3 Å². The van der Waals surface area contributed by atoms with E-state index in [1.807, 2.05) is 13.0 Å². The minimum atomic E-state index is 0.0155. The average molecular weight is 269 g/mol. The van der Waals surface area contributed by atoms with Gasteiger partial charge in [-0.2, -0.15) is 0 Å². The van der Waals surface area contributed by atoms with E-state index < -0.39 is 0 Å². The van der Waals surface area contributed by atoms with Crippen molar-refractivity contribution in [3.8, 4) is 5.75 Å². The summed E-state index contributed by atoms with van der Waals surface area (Å²) in [6.45, 7) is 6.32. The number of hydrogen-bond donors (Lipinski definition) is 1. The van der Waals surface area contributed by atoms with Crippen molar-refractivity contribution in [2.24, 2.45) is 5.73 Å². The molecular formula is C18H23NO. The molecule has 2 rings (SSSR count). The Morgan fingerprint density at radius 3 is 2.30 bits per heavy atom. The van der Waals surface area contributed by atoms with E-state index in [1.54, 1.807) is 7.11 Å². The van der Waals surface area contributed by atoms with Crippen LogP contribution in [0.1, 0.15) is 33.9 Å². The first-order chi connectivity index (χ1) is 9.51. The Kier molecular flexibility index (Phi) is 4.46. The second-order valence-corrected chi connectivity index (χ2v) is 5.46. The first-order valence-corrected chi connectivity index (χ1v) is 6.97. The predicted molar refractivity (Wildman–Crippen MR) is 84.3 cm³/mol. The van der Waals surface area contributed by atoms with Gasteiger partial charge in [0.15, 0.2) is 0 Å².